The molecule has 4 heteroatoms. The van der Waals surface area contributed by atoms with E-state index in [0.29, 0.717) is 12.0 Å². The molecule has 1 aliphatic rings. The summed E-state index contributed by atoms with van der Waals surface area (Å²) in [5.74, 6) is 1.48. The molecule has 1 heterocycles. The smallest absolute Gasteiger partial charge is 0.126 e. The predicted molar refractivity (Wildman–Crippen MR) is 90.1 cm³/mol. The molecule has 0 bridgehead atoms. The van der Waals surface area contributed by atoms with E-state index in [1.165, 1.54) is 11.1 Å². The molecule has 0 spiro atoms. The molecular formula is C17H26BrNO2. The molecule has 118 valence electrons. The highest BCUT2D eigenvalue weighted by Gasteiger charge is 2.36. The maximum atomic E-state index is 5.90. The Morgan fingerprint density at radius 1 is 1.48 bits per heavy atom. The third-order valence-corrected chi connectivity index (χ3v) is 5.45. The van der Waals surface area contributed by atoms with Crippen molar-refractivity contribution in [1.29, 1.82) is 0 Å². The number of nitrogens with one attached hydrogen (secondary N) is 1. The topological polar surface area (TPSA) is 30.5 Å². The first-order chi connectivity index (χ1) is 10.0. The molecule has 1 aromatic carbocycles. The van der Waals surface area contributed by atoms with Gasteiger partial charge in [-0.1, -0.05) is 22.9 Å². The first-order valence-electron chi connectivity index (χ1n) is 7.67. The maximum Gasteiger partial charge on any atom is 0.126 e. The Kier molecular flexibility index (Phi) is 5.69. The second-order valence-corrected chi connectivity index (χ2v) is 6.64. The Balaban J connectivity index is 2.51. The number of ether oxygens (including phenoxy) is 2. The van der Waals surface area contributed by atoms with Gasteiger partial charge in [0, 0.05) is 28.6 Å². The summed E-state index contributed by atoms with van der Waals surface area (Å²) in [6.45, 7) is 7.31. The Hall–Kier alpha value is -0.580. The lowest BCUT2D eigenvalue weighted by atomic mass is 9.84. The van der Waals surface area contributed by atoms with Gasteiger partial charge in [-0.2, -0.15) is 0 Å². The summed E-state index contributed by atoms with van der Waals surface area (Å²) < 4.78 is 12.8. The van der Waals surface area contributed by atoms with Crippen molar-refractivity contribution in [2.45, 2.75) is 45.8 Å². The largest absolute Gasteiger partial charge is 0.496 e. The fraction of sp³-hybridized carbons (Fsp3) is 0.647. The van der Waals surface area contributed by atoms with Crippen molar-refractivity contribution in [3.8, 4) is 5.75 Å². The molecule has 0 aliphatic carbocycles. The molecule has 2 rings (SSSR count). The number of halogens is 1. The molecule has 1 aromatic rings. The predicted octanol–water partition coefficient (Wildman–Crippen LogP) is 4.15. The van der Waals surface area contributed by atoms with Crippen LogP contribution in [0.4, 0.5) is 0 Å². The molecule has 0 saturated carbocycles. The molecule has 3 unspecified atom stereocenters. The van der Waals surface area contributed by atoms with E-state index >= 15 is 0 Å². The van der Waals surface area contributed by atoms with Gasteiger partial charge in [-0.05, 0) is 50.9 Å². The monoisotopic (exact) mass is 355 g/mol. The quantitative estimate of drug-likeness (QED) is 0.860. The summed E-state index contributed by atoms with van der Waals surface area (Å²) in [5.41, 5.74) is 3.68. The normalized spacial score (nSPS) is 23.3. The lowest BCUT2D eigenvalue weighted by molar-refractivity contribution is 0.0779. The van der Waals surface area contributed by atoms with Gasteiger partial charge in [0.05, 0.1) is 13.2 Å². The third kappa shape index (κ3) is 3.13. The van der Waals surface area contributed by atoms with E-state index in [-0.39, 0.29) is 6.04 Å². The molecule has 1 aliphatic heterocycles. The van der Waals surface area contributed by atoms with Crippen LogP contribution in [0.25, 0.3) is 0 Å². The van der Waals surface area contributed by atoms with E-state index in [1.807, 2.05) is 7.05 Å². The molecule has 0 amide bonds. The van der Waals surface area contributed by atoms with Crippen LogP contribution in [0.15, 0.2) is 10.5 Å². The number of hydrogen-bond acceptors (Lipinski definition) is 3. The summed E-state index contributed by atoms with van der Waals surface area (Å²) >= 11 is 3.68. The highest BCUT2D eigenvalue weighted by Crippen LogP contribution is 2.42. The van der Waals surface area contributed by atoms with Crippen LogP contribution in [-0.2, 0) is 4.74 Å². The Morgan fingerprint density at radius 3 is 2.76 bits per heavy atom. The van der Waals surface area contributed by atoms with E-state index < -0.39 is 0 Å². The van der Waals surface area contributed by atoms with Crippen molar-refractivity contribution in [2.75, 3.05) is 20.8 Å². The van der Waals surface area contributed by atoms with Crippen molar-refractivity contribution in [1.82, 2.24) is 5.32 Å². The summed E-state index contributed by atoms with van der Waals surface area (Å²) in [5, 5.41) is 3.51. The minimum atomic E-state index is 0.253. The summed E-state index contributed by atoms with van der Waals surface area (Å²) in [4.78, 5) is 0. The molecular weight excluding hydrogens is 330 g/mol. The lowest BCUT2D eigenvalue weighted by Crippen LogP contribution is -2.31. The van der Waals surface area contributed by atoms with E-state index in [2.05, 4.69) is 48.1 Å². The number of methoxy groups -OCH3 is 1. The fourth-order valence-electron chi connectivity index (χ4n) is 3.56. The van der Waals surface area contributed by atoms with E-state index in [9.17, 15) is 0 Å². The van der Waals surface area contributed by atoms with Crippen LogP contribution in [0.3, 0.4) is 0 Å². The van der Waals surface area contributed by atoms with Gasteiger partial charge < -0.3 is 14.8 Å². The number of rotatable bonds is 5. The second kappa shape index (κ2) is 7.12. The van der Waals surface area contributed by atoms with Crippen molar-refractivity contribution in [3.05, 3.63) is 27.2 Å². The van der Waals surface area contributed by atoms with Crippen LogP contribution in [0.5, 0.6) is 5.75 Å². The second-order valence-electron chi connectivity index (χ2n) is 5.78. The molecule has 21 heavy (non-hydrogen) atoms. The van der Waals surface area contributed by atoms with Gasteiger partial charge in [0.15, 0.2) is 0 Å². The van der Waals surface area contributed by atoms with Crippen LogP contribution in [-0.4, -0.2) is 26.9 Å². The van der Waals surface area contributed by atoms with Gasteiger partial charge in [-0.3, -0.25) is 0 Å². The van der Waals surface area contributed by atoms with Crippen LogP contribution in [0.2, 0.25) is 0 Å². The maximum absolute atomic E-state index is 5.90. The van der Waals surface area contributed by atoms with E-state index in [0.717, 1.165) is 35.2 Å². The Morgan fingerprint density at radius 2 is 2.19 bits per heavy atom. The number of benzene rings is 1. The SMILES string of the molecule is CCC1OCCC1C(NC)c1c(C)c(Br)cc(C)c1OC. The van der Waals surface area contributed by atoms with Gasteiger partial charge in [0.2, 0.25) is 0 Å². The van der Waals surface area contributed by atoms with Gasteiger partial charge in [0.1, 0.15) is 5.75 Å². The van der Waals surface area contributed by atoms with Gasteiger partial charge >= 0.3 is 0 Å². The highest BCUT2D eigenvalue weighted by molar-refractivity contribution is 9.10. The standard InChI is InChI=1S/C17H26BrNO2/c1-6-14-12(7-8-21-14)16(19-4)15-11(3)13(18)9-10(2)17(15)20-5/h9,12,14,16,19H,6-8H2,1-5H3. The first kappa shape index (κ1) is 16.8. The van der Waals surface area contributed by atoms with Crippen LogP contribution in [0, 0.1) is 19.8 Å². The average Bonchev–Trinajstić information content (AvgIpc) is 2.93. The molecule has 1 fully saturated rings. The van der Waals surface area contributed by atoms with Crippen LogP contribution in [0.1, 0.15) is 42.5 Å². The minimum Gasteiger partial charge on any atom is -0.496 e. The van der Waals surface area contributed by atoms with Crippen molar-refractivity contribution >= 4 is 15.9 Å². The first-order valence-corrected chi connectivity index (χ1v) is 8.46. The molecule has 1 saturated heterocycles. The molecule has 3 atom stereocenters. The summed E-state index contributed by atoms with van der Waals surface area (Å²) in [6.07, 6.45) is 2.47. The van der Waals surface area contributed by atoms with E-state index in [1.54, 1.807) is 7.11 Å². The fourth-order valence-corrected chi connectivity index (χ4v) is 4.12. The van der Waals surface area contributed by atoms with Crippen LogP contribution >= 0.6 is 15.9 Å². The zero-order chi connectivity index (χ0) is 15.6. The van der Waals surface area contributed by atoms with Gasteiger partial charge in [0.25, 0.3) is 0 Å². The molecule has 1 N–H and O–H groups in total. The van der Waals surface area contributed by atoms with Gasteiger partial charge in [-0.25, -0.2) is 0 Å². The lowest BCUT2D eigenvalue weighted by Gasteiger charge is -2.30. The van der Waals surface area contributed by atoms with Crippen molar-refractivity contribution in [3.63, 3.8) is 0 Å². The summed E-state index contributed by atoms with van der Waals surface area (Å²) in [6, 6.07) is 2.39. The third-order valence-electron chi connectivity index (χ3n) is 4.63. The minimum absolute atomic E-state index is 0.253. The van der Waals surface area contributed by atoms with Gasteiger partial charge in [-0.15, -0.1) is 0 Å². The number of aryl methyl sites for hydroxylation is 1. The highest BCUT2D eigenvalue weighted by atomic mass is 79.9. The number of hydrogen-bond donors (Lipinski definition) is 1. The van der Waals surface area contributed by atoms with Crippen LogP contribution < -0.4 is 10.1 Å². The molecule has 3 nitrogen and oxygen atoms in total. The zero-order valence-electron chi connectivity index (χ0n) is 13.6. The molecule has 0 aromatic heterocycles. The van der Waals surface area contributed by atoms with E-state index in [4.69, 9.17) is 9.47 Å². The van der Waals surface area contributed by atoms with Crippen molar-refractivity contribution < 1.29 is 9.47 Å². The Bertz CT molecular complexity index is 504. The zero-order valence-corrected chi connectivity index (χ0v) is 15.2. The van der Waals surface area contributed by atoms with Crippen molar-refractivity contribution in [2.24, 2.45) is 5.92 Å². The summed E-state index contributed by atoms with van der Waals surface area (Å²) in [7, 11) is 3.79. The average molecular weight is 356 g/mol. The Labute approximate surface area is 136 Å². The molecule has 0 radical (unpaired) electrons.